The van der Waals surface area contributed by atoms with Gasteiger partial charge >= 0.3 is 6.18 Å². The van der Waals surface area contributed by atoms with Crippen molar-refractivity contribution >= 4 is 11.3 Å². The Hall–Kier alpha value is -2.15. The lowest BCUT2D eigenvalue weighted by atomic mass is 10.1. The summed E-state index contributed by atoms with van der Waals surface area (Å²) in [5, 5.41) is 7.39. The van der Waals surface area contributed by atoms with Gasteiger partial charge in [-0.15, -0.1) is 0 Å². The summed E-state index contributed by atoms with van der Waals surface area (Å²) in [6.45, 7) is 0. The van der Waals surface area contributed by atoms with Gasteiger partial charge in [-0.2, -0.15) is 29.5 Å². The van der Waals surface area contributed by atoms with Crippen LogP contribution in [-0.2, 0) is 6.18 Å². The van der Waals surface area contributed by atoms with E-state index in [0.29, 0.717) is 5.89 Å². The van der Waals surface area contributed by atoms with Gasteiger partial charge in [-0.25, -0.2) is 0 Å². The summed E-state index contributed by atoms with van der Waals surface area (Å²) < 4.78 is 43.0. The van der Waals surface area contributed by atoms with Gasteiger partial charge in [0.25, 0.3) is 5.89 Å². The Kier molecular flexibility index (Phi) is 3.06. The summed E-state index contributed by atoms with van der Waals surface area (Å²) in [5.74, 6) is 0.427. The van der Waals surface area contributed by atoms with Crippen molar-refractivity contribution < 1.29 is 17.7 Å². The van der Waals surface area contributed by atoms with Crippen molar-refractivity contribution in [2.45, 2.75) is 6.18 Å². The van der Waals surface area contributed by atoms with Crippen LogP contribution < -0.4 is 0 Å². The third-order valence-corrected chi connectivity index (χ3v) is 3.33. The summed E-state index contributed by atoms with van der Waals surface area (Å²) in [4.78, 5) is 4.11. The molecule has 0 aliphatic rings. The minimum atomic E-state index is -4.39. The van der Waals surface area contributed by atoms with Crippen molar-refractivity contribution in [2.24, 2.45) is 0 Å². The van der Waals surface area contributed by atoms with E-state index in [4.69, 9.17) is 4.52 Å². The molecule has 3 rings (SSSR count). The zero-order chi connectivity index (χ0) is 14.2. The molecule has 0 unspecified atom stereocenters. The molecule has 0 spiro atoms. The van der Waals surface area contributed by atoms with E-state index in [1.165, 1.54) is 23.5 Å². The minimum Gasteiger partial charge on any atom is -0.334 e. The Morgan fingerprint density at radius 2 is 1.95 bits per heavy atom. The highest BCUT2D eigenvalue weighted by atomic mass is 32.1. The number of halogens is 3. The molecule has 0 N–H and O–H groups in total. The molecule has 2 aromatic heterocycles. The van der Waals surface area contributed by atoms with Gasteiger partial charge in [0, 0.05) is 10.9 Å². The number of alkyl halides is 3. The normalized spacial score (nSPS) is 11.8. The lowest BCUT2D eigenvalue weighted by Crippen LogP contribution is -2.04. The number of hydrogen-bond acceptors (Lipinski definition) is 4. The van der Waals surface area contributed by atoms with Gasteiger partial charge in [-0.3, -0.25) is 0 Å². The third kappa shape index (κ3) is 2.44. The van der Waals surface area contributed by atoms with E-state index in [1.807, 2.05) is 10.8 Å². The van der Waals surface area contributed by atoms with Crippen LogP contribution in [0.4, 0.5) is 13.2 Å². The average Bonchev–Trinajstić information content (AvgIpc) is 3.09. The summed E-state index contributed by atoms with van der Waals surface area (Å²) >= 11 is 1.47. The minimum absolute atomic E-state index is 0.136. The first-order valence-corrected chi connectivity index (χ1v) is 6.52. The zero-order valence-electron chi connectivity index (χ0n) is 9.89. The molecule has 2 heterocycles. The number of benzene rings is 1. The standard InChI is InChI=1S/C13H7F3N2OS/c14-13(15,16)10-3-1-2-8(6-10)11-17-12(19-18-11)9-4-5-20-7-9/h1-7H. The molecular weight excluding hydrogens is 289 g/mol. The fraction of sp³-hybridized carbons (Fsp3) is 0.0769. The zero-order valence-corrected chi connectivity index (χ0v) is 10.7. The first-order chi connectivity index (χ1) is 9.54. The lowest BCUT2D eigenvalue weighted by molar-refractivity contribution is -0.137. The number of rotatable bonds is 2. The lowest BCUT2D eigenvalue weighted by Gasteiger charge is -2.06. The Bertz CT molecular complexity index is 719. The van der Waals surface area contributed by atoms with E-state index in [9.17, 15) is 13.2 Å². The second-order valence-corrected chi connectivity index (χ2v) is 4.79. The van der Waals surface area contributed by atoms with E-state index >= 15 is 0 Å². The van der Waals surface area contributed by atoms with Gasteiger partial charge in [0.05, 0.1) is 11.1 Å². The van der Waals surface area contributed by atoms with Crippen molar-refractivity contribution in [2.75, 3.05) is 0 Å². The van der Waals surface area contributed by atoms with E-state index in [0.717, 1.165) is 17.7 Å². The number of thiophene rings is 1. The van der Waals surface area contributed by atoms with Crippen molar-refractivity contribution in [3.63, 3.8) is 0 Å². The average molecular weight is 296 g/mol. The fourth-order valence-corrected chi connectivity index (χ4v) is 2.31. The Labute approximate surface area is 115 Å². The quantitative estimate of drug-likeness (QED) is 0.699. The molecule has 0 aliphatic heterocycles. The van der Waals surface area contributed by atoms with Crippen LogP contribution >= 0.6 is 11.3 Å². The molecule has 102 valence electrons. The van der Waals surface area contributed by atoms with Gasteiger partial charge in [0.1, 0.15) is 0 Å². The van der Waals surface area contributed by atoms with Crippen LogP contribution in [0.15, 0.2) is 45.6 Å². The number of hydrogen-bond donors (Lipinski definition) is 0. The molecule has 3 nitrogen and oxygen atoms in total. The Morgan fingerprint density at radius 1 is 1.10 bits per heavy atom. The second kappa shape index (κ2) is 4.75. The summed E-state index contributed by atoms with van der Waals surface area (Å²) in [6.07, 6.45) is -4.39. The Balaban J connectivity index is 1.98. The molecule has 7 heteroatoms. The van der Waals surface area contributed by atoms with Crippen LogP contribution in [0, 0.1) is 0 Å². The molecule has 0 atom stereocenters. The van der Waals surface area contributed by atoms with Gasteiger partial charge in [0.2, 0.25) is 5.82 Å². The Morgan fingerprint density at radius 3 is 2.65 bits per heavy atom. The molecule has 20 heavy (non-hydrogen) atoms. The van der Waals surface area contributed by atoms with Crippen LogP contribution in [0.2, 0.25) is 0 Å². The van der Waals surface area contributed by atoms with Crippen molar-refractivity contribution in [1.82, 2.24) is 10.1 Å². The van der Waals surface area contributed by atoms with Crippen molar-refractivity contribution in [3.8, 4) is 22.8 Å². The molecular formula is C13H7F3N2OS. The van der Waals surface area contributed by atoms with E-state index in [1.54, 1.807) is 6.07 Å². The van der Waals surface area contributed by atoms with Crippen molar-refractivity contribution in [3.05, 3.63) is 46.7 Å². The maximum Gasteiger partial charge on any atom is 0.416 e. The van der Waals surface area contributed by atoms with Gasteiger partial charge in [-0.1, -0.05) is 17.3 Å². The van der Waals surface area contributed by atoms with Crippen LogP contribution in [0.5, 0.6) is 0 Å². The molecule has 0 saturated carbocycles. The van der Waals surface area contributed by atoms with E-state index in [-0.39, 0.29) is 11.4 Å². The van der Waals surface area contributed by atoms with Crippen molar-refractivity contribution in [1.29, 1.82) is 0 Å². The first-order valence-electron chi connectivity index (χ1n) is 5.58. The second-order valence-electron chi connectivity index (χ2n) is 4.01. The first kappa shape index (κ1) is 12.9. The van der Waals surface area contributed by atoms with Crippen LogP contribution in [0.25, 0.3) is 22.8 Å². The predicted molar refractivity (Wildman–Crippen MR) is 68.0 cm³/mol. The highest BCUT2D eigenvalue weighted by Gasteiger charge is 2.30. The van der Waals surface area contributed by atoms with Gasteiger partial charge in [-0.05, 0) is 23.6 Å². The van der Waals surface area contributed by atoms with Crippen LogP contribution in [-0.4, -0.2) is 10.1 Å². The van der Waals surface area contributed by atoms with Crippen LogP contribution in [0.3, 0.4) is 0 Å². The molecule has 0 radical (unpaired) electrons. The maximum atomic E-state index is 12.6. The number of nitrogens with zero attached hydrogens (tertiary/aromatic N) is 2. The molecule has 0 saturated heterocycles. The fourth-order valence-electron chi connectivity index (χ4n) is 1.68. The van der Waals surface area contributed by atoms with Gasteiger partial charge in [0.15, 0.2) is 0 Å². The van der Waals surface area contributed by atoms with Gasteiger partial charge < -0.3 is 4.52 Å². The molecule has 0 amide bonds. The maximum absolute atomic E-state index is 12.6. The molecule has 0 aliphatic carbocycles. The highest BCUT2D eigenvalue weighted by Crippen LogP contribution is 2.32. The topological polar surface area (TPSA) is 38.9 Å². The third-order valence-electron chi connectivity index (χ3n) is 2.64. The summed E-state index contributed by atoms with van der Waals surface area (Å²) in [6, 6.07) is 6.63. The molecule has 0 fully saturated rings. The SMILES string of the molecule is FC(F)(F)c1cccc(-c2noc(-c3ccsc3)n2)c1. The van der Waals surface area contributed by atoms with E-state index in [2.05, 4.69) is 10.1 Å². The predicted octanol–water partition coefficient (Wildman–Crippen LogP) is 4.48. The number of aromatic nitrogens is 2. The smallest absolute Gasteiger partial charge is 0.334 e. The molecule has 1 aromatic carbocycles. The molecule has 3 aromatic rings. The van der Waals surface area contributed by atoms with E-state index < -0.39 is 11.7 Å². The van der Waals surface area contributed by atoms with Crippen LogP contribution in [0.1, 0.15) is 5.56 Å². The summed E-state index contributed by atoms with van der Waals surface area (Å²) in [5.41, 5.74) is 0.280. The monoisotopic (exact) mass is 296 g/mol. The summed E-state index contributed by atoms with van der Waals surface area (Å²) in [7, 11) is 0. The highest BCUT2D eigenvalue weighted by molar-refractivity contribution is 7.08. The largest absolute Gasteiger partial charge is 0.416 e. The molecule has 0 bridgehead atoms.